The van der Waals surface area contributed by atoms with Gasteiger partial charge in [-0.1, -0.05) is 78.4 Å². The van der Waals surface area contributed by atoms with Crippen LogP contribution in [-0.2, 0) is 29.2 Å². The molecule has 0 saturated heterocycles. The molecular weight excluding hydrogens is 614 g/mol. The third-order valence-electron chi connectivity index (χ3n) is 5.00. The molecule has 0 aromatic carbocycles. The molecule has 3 atom stereocenters. The Balaban J connectivity index is -0.000000395. The van der Waals surface area contributed by atoms with Crippen LogP contribution in [0.4, 0.5) is 0 Å². The molecule has 0 aromatic heterocycles. The van der Waals surface area contributed by atoms with Crippen molar-refractivity contribution in [2.45, 2.75) is 97.7 Å². The van der Waals surface area contributed by atoms with Crippen LogP contribution in [0, 0.1) is 11.8 Å². The molecule has 1 N–H and O–H groups in total. The van der Waals surface area contributed by atoms with E-state index in [4.69, 9.17) is 9.47 Å². The molecule has 12 heteroatoms. The molecule has 7 nitrogen and oxygen atoms in total. The summed E-state index contributed by atoms with van der Waals surface area (Å²) in [5, 5.41) is -1.95. The van der Waals surface area contributed by atoms with Gasteiger partial charge in [0, 0.05) is 4.20 Å². The summed E-state index contributed by atoms with van der Waals surface area (Å²) in [4.78, 5) is 24.2. The zero-order valence-corrected chi connectivity index (χ0v) is 30.4. The topological polar surface area (TPSA) is 107 Å². The molecule has 0 aliphatic carbocycles. The Hall–Kier alpha value is 1.09. The van der Waals surface area contributed by atoms with Crippen LogP contribution in [0.5, 0.6) is 0 Å². The van der Waals surface area contributed by atoms with Gasteiger partial charge in [-0.2, -0.15) is 8.42 Å². The summed E-state index contributed by atoms with van der Waals surface area (Å²) in [6.07, 6.45) is 6.74. The Morgan fingerprint density at radius 3 is 1.68 bits per heavy atom. The van der Waals surface area contributed by atoms with Crippen LogP contribution in [0.1, 0.15) is 93.8 Å². The average molecular weight is 659 g/mol. The van der Waals surface area contributed by atoms with E-state index < -0.39 is 33.7 Å². The first-order valence-corrected chi connectivity index (χ1v) is 13.8. The molecular formula is C22H45NaO7S3Sn. The molecule has 34 heavy (non-hydrogen) atoms. The Morgan fingerprint density at radius 2 is 1.35 bits per heavy atom. The molecule has 0 aromatic rings. The van der Waals surface area contributed by atoms with Gasteiger partial charge in [0.15, 0.2) is 5.25 Å². The van der Waals surface area contributed by atoms with Gasteiger partial charge in [-0.05, 0) is 31.6 Å². The van der Waals surface area contributed by atoms with Crippen LogP contribution in [0.25, 0.3) is 0 Å². The van der Waals surface area contributed by atoms with E-state index in [1.165, 1.54) is 0 Å². The van der Waals surface area contributed by atoms with E-state index in [0.717, 1.165) is 51.4 Å². The van der Waals surface area contributed by atoms with Crippen LogP contribution in [0.15, 0.2) is 0 Å². The minimum absolute atomic E-state index is 0. The zero-order chi connectivity index (χ0) is 25.2. The molecule has 0 saturated carbocycles. The van der Waals surface area contributed by atoms with Crippen molar-refractivity contribution in [1.82, 2.24) is 0 Å². The molecule has 2 radical (unpaired) electrons. The summed E-state index contributed by atoms with van der Waals surface area (Å²) in [5.74, 6) is -1.61. The number of esters is 2. The fraction of sp³-hybridized carbons (Fsp3) is 0.864. The maximum atomic E-state index is 12.2. The second-order valence-electron chi connectivity index (χ2n) is 7.87. The summed E-state index contributed by atoms with van der Waals surface area (Å²) in [6.45, 7) is 10.1. The molecule has 0 spiro atoms. The van der Waals surface area contributed by atoms with Crippen molar-refractivity contribution in [3.05, 3.63) is 0 Å². The molecule has 0 rings (SSSR count). The van der Waals surface area contributed by atoms with Crippen molar-refractivity contribution in [1.29, 1.82) is 0 Å². The van der Waals surface area contributed by atoms with Crippen LogP contribution >= 0.6 is 24.8 Å². The summed E-state index contributed by atoms with van der Waals surface area (Å²) in [7, 11) is -4.76. The summed E-state index contributed by atoms with van der Waals surface area (Å²) in [6, 6.07) is 0. The van der Waals surface area contributed by atoms with Crippen LogP contribution in [0.3, 0.4) is 0 Å². The summed E-state index contributed by atoms with van der Waals surface area (Å²) >= 11 is 8.10. The van der Waals surface area contributed by atoms with E-state index in [1.54, 1.807) is 6.92 Å². The standard InChI is InChI=1S/C20H38O7S.C2H4S2.Na.Sn.3H/c1-5-9-11-16(7-3)14-26-19(21)13-18(28(23,24)25)20(22)27-15-17(8-4)12-10-6-2;1-2(3)4;;;;;/h16-18H,5-15H2,1-4H3,(H,23,24,25);1H3,(H,3,4);;;;;/q;;+1;;;;-1. The first kappa shape index (κ1) is 42.2. The second-order valence-corrected chi connectivity index (χ2v) is 11.1. The monoisotopic (exact) mass is 660 g/mol. The SMILES string of the molecule is CC(=S)S.CCCCC(CC)COC(=O)CC(C(=O)OCC(CC)CCCC)S(=O)(=O)O.[H-].[Na+].[SnH2]. The van der Waals surface area contributed by atoms with Gasteiger partial charge >= 0.3 is 65.4 Å². The molecule has 198 valence electrons. The third kappa shape index (κ3) is 24.8. The number of unbranched alkanes of at least 4 members (excludes halogenated alkanes) is 2. The zero-order valence-electron chi connectivity index (χ0n) is 22.9. The number of carbonyl (C=O) groups excluding carboxylic acids is 2. The minimum atomic E-state index is -4.76. The second kappa shape index (κ2) is 25.7. The van der Waals surface area contributed by atoms with Gasteiger partial charge in [0.1, 0.15) is 0 Å². The maximum absolute atomic E-state index is 12.2. The molecule has 3 unspecified atom stereocenters. The molecule has 0 amide bonds. The number of hydrogen-bond acceptors (Lipinski definition) is 7. The number of hydrogen-bond donors (Lipinski definition) is 2. The molecule has 0 aliphatic rings. The van der Waals surface area contributed by atoms with Crippen molar-refractivity contribution >= 4 is 75.0 Å². The van der Waals surface area contributed by atoms with Crippen LogP contribution < -0.4 is 29.6 Å². The van der Waals surface area contributed by atoms with E-state index in [0.29, 0.717) is 4.20 Å². The van der Waals surface area contributed by atoms with Gasteiger partial charge in [0.25, 0.3) is 10.1 Å². The van der Waals surface area contributed by atoms with E-state index in [1.807, 2.05) is 13.8 Å². The van der Waals surface area contributed by atoms with Gasteiger partial charge in [0.05, 0.1) is 19.6 Å². The van der Waals surface area contributed by atoms with E-state index in [-0.39, 0.29) is 79.9 Å². The molecule has 0 aliphatic heterocycles. The number of thiol groups is 1. The normalized spacial score (nSPS) is 13.0. The van der Waals surface area contributed by atoms with Crippen molar-refractivity contribution in [3.8, 4) is 0 Å². The van der Waals surface area contributed by atoms with E-state index in [2.05, 4.69) is 38.7 Å². The third-order valence-corrected chi connectivity index (χ3v) is 6.08. The van der Waals surface area contributed by atoms with Gasteiger partial charge in [0.2, 0.25) is 0 Å². The van der Waals surface area contributed by atoms with Crippen molar-refractivity contribution < 1.29 is 63.0 Å². The van der Waals surface area contributed by atoms with Gasteiger partial charge in [-0.3, -0.25) is 14.1 Å². The van der Waals surface area contributed by atoms with Crippen molar-refractivity contribution in [2.75, 3.05) is 13.2 Å². The van der Waals surface area contributed by atoms with Crippen molar-refractivity contribution in [3.63, 3.8) is 0 Å². The van der Waals surface area contributed by atoms with E-state index >= 15 is 0 Å². The van der Waals surface area contributed by atoms with Gasteiger partial charge < -0.3 is 10.9 Å². The van der Waals surface area contributed by atoms with Gasteiger partial charge in [-0.15, -0.1) is 12.6 Å². The predicted molar refractivity (Wildman–Crippen MR) is 145 cm³/mol. The fourth-order valence-electron chi connectivity index (χ4n) is 2.82. The Bertz CT molecular complexity index is 651. The number of carbonyl (C=O) groups is 2. The van der Waals surface area contributed by atoms with Crippen LogP contribution in [-0.4, -0.2) is 71.5 Å². The average Bonchev–Trinajstić information content (AvgIpc) is 2.70. The Morgan fingerprint density at radius 1 is 0.971 bits per heavy atom. The first-order valence-electron chi connectivity index (χ1n) is 11.4. The number of rotatable bonds is 16. The Labute approximate surface area is 258 Å². The molecule has 0 heterocycles. The quantitative estimate of drug-likeness (QED) is 0.0848. The van der Waals surface area contributed by atoms with Crippen molar-refractivity contribution in [2.24, 2.45) is 11.8 Å². The fourth-order valence-corrected chi connectivity index (χ4v) is 3.48. The summed E-state index contributed by atoms with van der Waals surface area (Å²) < 4.78 is 43.5. The molecule has 0 fully saturated rings. The van der Waals surface area contributed by atoms with E-state index in [9.17, 15) is 22.6 Å². The first-order chi connectivity index (χ1) is 14.9. The number of ether oxygens (including phenoxy) is 2. The van der Waals surface area contributed by atoms with Crippen LogP contribution in [0.2, 0.25) is 0 Å². The number of thiocarbonyl (C=S) groups is 1. The predicted octanol–water partition coefficient (Wildman–Crippen LogP) is 1.62. The molecule has 0 bridgehead atoms. The van der Waals surface area contributed by atoms with Gasteiger partial charge in [-0.25, -0.2) is 0 Å². The Kier molecular flexibility index (Phi) is 31.9. The summed E-state index contributed by atoms with van der Waals surface area (Å²) in [5.41, 5.74) is 0.